The van der Waals surface area contributed by atoms with Gasteiger partial charge in [-0.1, -0.05) is 5.11 Å². The molecule has 7 heteroatoms. The number of carbonyl (C=O) groups is 2. The van der Waals surface area contributed by atoms with E-state index in [1.54, 1.807) is 6.92 Å². The second-order valence-corrected chi connectivity index (χ2v) is 2.74. The standard InChI is InChI=1S/C8H14N4O3/c1-3-10-8(14)7(15-6(2)13)4-5-11-12-9/h7H,3-5H2,1-2H3,(H,10,14)/t7-/m0/s1. The summed E-state index contributed by atoms with van der Waals surface area (Å²) >= 11 is 0. The van der Waals surface area contributed by atoms with Crippen LogP contribution in [0, 0.1) is 0 Å². The Labute approximate surface area is 87.4 Å². The first kappa shape index (κ1) is 13.2. The summed E-state index contributed by atoms with van der Waals surface area (Å²) in [6.45, 7) is 3.56. The topological polar surface area (TPSA) is 104 Å². The molecule has 0 aliphatic heterocycles. The van der Waals surface area contributed by atoms with Crippen LogP contribution in [-0.4, -0.2) is 31.1 Å². The predicted molar refractivity (Wildman–Crippen MR) is 52.9 cm³/mol. The third-order valence-corrected chi connectivity index (χ3v) is 1.51. The number of amides is 1. The summed E-state index contributed by atoms with van der Waals surface area (Å²) < 4.78 is 4.78. The molecule has 1 amide bonds. The highest BCUT2D eigenvalue weighted by molar-refractivity contribution is 5.83. The number of hydrogen-bond donors (Lipinski definition) is 1. The first-order valence-corrected chi connectivity index (χ1v) is 4.57. The molecule has 0 aliphatic rings. The number of nitrogens with one attached hydrogen (secondary N) is 1. The number of rotatable bonds is 6. The van der Waals surface area contributed by atoms with Crippen molar-refractivity contribution < 1.29 is 14.3 Å². The number of nitrogens with zero attached hydrogens (tertiary/aromatic N) is 3. The summed E-state index contributed by atoms with van der Waals surface area (Å²) in [5.74, 6) is -0.909. The van der Waals surface area contributed by atoms with E-state index in [9.17, 15) is 9.59 Å². The van der Waals surface area contributed by atoms with Crippen LogP contribution in [0.15, 0.2) is 5.11 Å². The molecule has 0 saturated carbocycles. The Balaban J connectivity index is 4.22. The van der Waals surface area contributed by atoms with E-state index in [0.29, 0.717) is 6.54 Å². The Kier molecular flexibility index (Phi) is 6.74. The highest BCUT2D eigenvalue weighted by atomic mass is 16.5. The molecular weight excluding hydrogens is 200 g/mol. The summed E-state index contributed by atoms with van der Waals surface area (Å²) in [5, 5.41) is 5.80. The van der Waals surface area contributed by atoms with E-state index in [4.69, 9.17) is 10.3 Å². The minimum absolute atomic E-state index is 0.117. The van der Waals surface area contributed by atoms with Gasteiger partial charge in [0.15, 0.2) is 6.10 Å². The highest BCUT2D eigenvalue weighted by Gasteiger charge is 2.19. The fourth-order valence-electron chi connectivity index (χ4n) is 0.952. The zero-order valence-electron chi connectivity index (χ0n) is 8.77. The average molecular weight is 214 g/mol. The monoisotopic (exact) mass is 214 g/mol. The van der Waals surface area contributed by atoms with Crippen molar-refractivity contribution in [1.82, 2.24) is 5.32 Å². The number of carbonyl (C=O) groups excluding carboxylic acids is 2. The molecule has 0 aromatic rings. The molecule has 0 aliphatic carbocycles. The van der Waals surface area contributed by atoms with Crippen LogP contribution in [0.25, 0.3) is 10.4 Å². The number of ether oxygens (including phenoxy) is 1. The SMILES string of the molecule is CCNC(=O)[C@H](CCN=[N+]=[N-])OC(C)=O. The van der Waals surface area contributed by atoms with Gasteiger partial charge >= 0.3 is 5.97 Å². The van der Waals surface area contributed by atoms with E-state index < -0.39 is 12.1 Å². The molecule has 84 valence electrons. The second-order valence-electron chi connectivity index (χ2n) is 2.74. The van der Waals surface area contributed by atoms with Gasteiger partial charge < -0.3 is 10.1 Å². The lowest BCUT2D eigenvalue weighted by Crippen LogP contribution is -2.37. The summed E-state index contributed by atoms with van der Waals surface area (Å²) in [5.41, 5.74) is 8.05. The summed E-state index contributed by atoms with van der Waals surface area (Å²) in [6.07, 6.45) is -0.692. The fraction of sp³-hybridized carbons (Fsp3) is 0.750. The Morgan fingerprint density at radius 2 is 2.27 bits per heavy atom. The van der Waals surface area contributed by atoms with Gasteiger partial charge in [0, 0.05) is 24.9 Å². The van der Waals surface area contributed by atoms with Crippen molar-refractivity contribution in [2.75, 3.05) is 13.1 Å². The van der Waals surface area contributed by atoms with Crippen LogP contribution in [0.2, 0.25) is 0 Å². The molecular formula is C8H14N4O3. The number of hydrogen-bond acceptors (Lipinski definition) is 4. The molecule has 1 N–H and O–H groups in total. The lowest BCUT2D eigenvalue weighted by Gasteiger charge is -2.14. The smallest absolute Gasteiger partial charge is 0.303 e. The minimum atomic E-state index is -0.882. The van der Waals surface area contributed by atoms with Gasteiger partial charge in [-0.15, -0.1) is 0 Å². The first-order valence-electron chi connectivity index (χ1n) is 4.57. The van der Waals surface area contributed by atoms with Crippen molar-refractivity contribution in [3.8, 4) is 0 Å². The van der Waals surface area contributed by atoms with Crippen molar-refractivity contribution in [3.05, 3.63) is 10.4 Å². The van der Waals surface area contributed by atoms with E-state index in [2.05, 4.69) is 15.3 Å². The van der Waals surface area contributed by atoms with Crippen LogP contribution >= 0.6 is 0 Å². The largest absolute Gasteiger partial charge is 0.452 e. The summed E-state index contributed by atoms with van der Waals surface area (Å²) in [4.78, 5) is 24.6. The highest BCUT2D eigenvalue weighted by Crippen LogP contribution is 2.00. The van der Waals surface area contributed by atoms with Gasteiger partial charge in [-0.2, -0.15) is 0 Å². The molecule has 0 radical (unpaired) electrons. The van der Waals surface area contributed by atoms with E-state index in [0.717, 1.165) is 0 Å². The molecule has 0 saturated heterocycles. The number of esters is 1. The van der Waals surface area contributed by atoms with Crippen LogP contribution in [0.1, 0.15) is 20.3 Å². The Bertz CT molecular complexity index is 273. The van der Waals surface area contributed by atoms with Gasteiger partial charge in [0.25, 0.3) is 5.91 Å². The lowest BCUT2D eigenvalue weighted by molar-refractivity contribution is -0.154. The number of likely N-dealkylation sites (N-methyl/N-ethyl adjacent to an activating group) is 1. The molecule has 0 bridgehead atoms. The maximum absolute atomic E-state index is 11.3. The third kappa shape index (κ3) is 6.34. The van der Waals surface area contributed by atoms with Crippen LogP contribution in [0.3, 0.4) is 0 Å². The van der Waals surface area contributed by atoms with E-state index >= 15 is 0 Å². The maximum Gasteiger partial charge on any atom is 0.303 e. The predicted octanol–water partition coefficient (Wildman–Crippen LogP) is 0.755. The Hall–Kier alpha value is -1.75. The van der Waals surface area contributed by atoms with Gasteiger partial charge in [0.05, 0.1) is 0 Å². The Morgan fingerprint density at radius 3 is 2.73 bits per heavy atom. The van der Waals surface area contributed by atoms with Crippen LogP contribution < -0.4 is 5.32 Å². The van der Waals surface area contributed by atoms with Gasteiger partial charge in [-0.3, -0.25) is 9.59 Å². The molecule has 0 aromatic heterocycles. The normalized spacial score (nSPS) is 11.1. The molecule has 1 atom stereocenters. The maximum atomic E-state index is 11.3. The Morgan fingerprint density at radius 1 is 1.60 bits per heavy atom. The van der Waals surface area contributed by atoms with Gasteiger partial charge in [0.2, 0.25) is 0 Å². The minimum Gasteiger partial charge on any atom is -0.452 e. The van der Waals surface area contributed by atoms with Gasteiger partial charge in [0.1, 0.15) is 0 Å². The van der Waals surface area contributed by atoms with Crippen LogP contribution in [0.4, 0.5) is 0 Å². The first-order chi connectivity index (χ1) is 7.11. The van der Waals surface area contributed by atoms with E-state index in [-0.39, 0.29) is 18.9 Å². The van der Waals surface area contributed by atoms with Crippen LogP contribution in [0.5, 0.6) is 0 Å². The van der Waals surface area contributed by atoms with Crippen molar-refractivity contribution in [1.29, 1.82) is 0 Å². The van der Waals surface area contributed by atoms with Crippen LogP contribution in [-0.2, 0) is 14.3 Å². The van der Waals surface area contributed by atoms with Crippen molar-refractivity contribution >= 4 is 11.9 Å². The number of azide groups is 1. The quantitative estimate of drug-likeness (QED) is 0.305. The molecule has 15 heavy (non-hydrogen) atoms. The zero-order valence-corrected chi connectivity index (χ0v) is 8.77. The van der Waals surface area contributed by atoms with Gasteiger partial charge in [-0.25, -0.2) is 0 Å². The second kappa shape index (κ2) is 7.64. The molecule has 0 rings (SSSR count). The molecule has 0 heterocycles. The molecule has 0 aromatic carbocycles. The zero-order chi connectivity index (χ0) is 11.7. The van der Waals surface area contributed by atoms with Gasteiger partial charge in [-0.05, 0) is 18.9 Å². The van der Waals surface area contributed by atoms with Crippen molar-refractivity contribution in [2.24, 2.45) is 5.11 Å². The molecule has 7 nitrogen and oxygen atoms in total. The van der Waals surface area contributed by atoms with E-state index in [1.165, 1.54) is 6.92 Å². The lowest BCUT2D eigenvalue weighted by atomic mass is 10.2. The third-order valence-electron chi connectivity index (χ3n) is 1.51. The average Bonchev–Trinajstić information content (AvgIpc) is 2.16. The molecule has 0 unspecified atom stereocenters. The van der Waals surface area contributed by atoms with Crippen molar-refractivity contribution in [3.63, 3.8) is 0 Å². The fourth-order valence-corrected chi connectivity index (χ4v) is 0.952. The van der Waals surface area contributed by atoms with E-state index in [1.807, 2.05) is 0 Å². The van der Waals surface area contributed by atoms with Crippen molar-refractivity contribution in [2.45, 2.75) is 26.4 Å². The summed E-state index contributed by atoms with van der Waals surface area (Å²) in [6, 6.07) is 0. The molecule has 0 spiro atoms. The molecule has 0 fully saturated rings. The summed E-state index contributed by atoms with van der Waals surface area (Å²) in [7, 11) is 0.